The van der Waals surface area contributed by atoms with Crippen molar-refractivity contribution in [3.05, 3.63) is 28.8 Å². The zero-order valence-corrected chi connectivity index (χ0v) is 8.12. The van der Waals surface area contributed by atoms with Crippen molar-refractivity contribution in [2.24, 2.45) is 5.92 Å². The smallest absolute Gasteiger partial charge is 0.310 e. The van der Waals surface area contributed by atoms with E-state index in [1.54, 1.807) is 18.2 Å². The molecule has 0 bridgehead atoms. The Morgan fingerprint density at radius 3 is 3.07 bits per heavy atom. The molecule has 0 radical (unpaired) electrons. The average Bonchev–Trinajstić information content (AvgIpc) is 2.16. The van der Waals surface area contributed by atoms with Crippen LogP contribution in [0.15, 0.2) is 18.2 Å². The molecule has 1 heterocycles. The maximum absolute atomic E-state index is 10.7. The average molecular weight is 213 g/mol. The monoisotopic (exact) mass is 212 g/mol. The number of benzene rings is 1. The van der Waals surface area contributed by atoms with Crippen LogP contribution >= 0.6 is 11.6 Å². The molecule has 74 valence electrons. The summed E-state index contributed by atoms with van der Waals surface area (Å²) in [6.07, 6.45) is 0.491. The van der Waals surface area contributed by atoms with Gasteiger partial charge in [0.1, 0.15) is 12.4 Å². The van der Waals surface area contributed by atoms with E-state index in [1.165, 1.54) is 0 Å². The van der Waals surface area contributed by atoms with Crippen LogP contribution in [0, 0.1) is 5.92 Å². The number of hydrogen-bond donors (Lipinski definition) is 1. The van der Waals surface area contributed by atoms with Gasteiger partial charge in [-0.15, -0.1) is 0 Å². The highest BCUT2D eigenvalue weighted by atomic mass is 35.5. The second-order valence-corrected chi connectivity index (χ2v) is 3.74. The van der Waals surface area contributed by atoms with Crippen LogP contribution in [0.3, 0.4) is 0 Å². The molecular formula is C10H9ClO3. The molecule has 0 aromatic heterocycles. The molecule has 3 nitrogen and oxygen atoms in total. The van der Waals surface area contributed by atoms with E-state index in [4.69, 9.17) is 21.4 Å². The fourth-order valence-electron chi connectivity index (χ4n) is 1.52. The van der Waals surface area contributed by atoms with Crippen LogP contribution in [0.4, 0.5) is 0 Å². The van der Waals surface area contributed by atoms with Crippen LogP contribution in [-0.4, -0.2) is 17.7 Å². The minimum Gasteiger partial charge on any atom is -0.492 e. The number of carboxylic acids is 1. The minimum absolute atomic E-state index is 0.240. The Kier molecular flexibility index (Phi) is 2.33. The highest BCUT2D eigenvalue weighted by Gasteiger charge is 2.25. The lowest BCUT2D eigenvalue weighted by atomic mass is 9.97. The fourth-order valence-corrected chi connectivity index (χ4v) is 1.72. The fraction of sp³-hybridized carbons (Fsp3) is 0.300. The van der Waals surface area contributed by atoms with Gasteiger partial charge in [-0.25, -0.2) is 0 Å². The molecular weight excluding hydrogens is 204 g/mol. The molecule has 2 rings (SSSR count). The van der Waals surface area contributed by atoms with Crippen LogP contribution in [0.1, 0.15) is 5.56 Å². The van der Waals surface area contributed by atoms with Gasteiger partial charge in [-0.1, -0.05) is 11.6 Å². The topological polar surface area (TPSA) is 46.5 Å². The van der Waals surface area contributed by atoms with Gasteiger partial charge < -0.3 is 9.84 Å². The summed E-state index contributed by atoms with van der Waals surface area (Å²) in [5.41, 5.74) is 0.871. The molecule has 4 heteroatoms. The predicted molar refractivity (Wildman–Crippen MR) is 51.8 cm³/mol. The van der Waals surface area contributed by atoms with Crippen LogP contribution in [0.2, 0.25) is 5.02 Å². The number of halogens is 1. The summed E-state index contributed by atoms with van der Waals surface area (Å²) in [6, 6.07) is 5.27. The molecule has 1 aromatic carbocycles. The van der Waals surface area contributed by atoms with Gasteiger partial charge in [-0.2, -0.15) is 0 Å². The third-order valence-corrected chi connectivity index (χ3v) is 2.51. The third kappa shape index (κ3) is 1.68. The molecule has 1 aliphatic rings. The summed E-state index contributed by atoms with van der Waals surface area (Å²) in [4.78, 5) is 10.7. The molecule has 0 aliphatic carbocycles. The lowest BCUT2D eigenvalue weighted by Gasteiger charge is -2.22. The Morgan fingerprint density at radius 2 is 2.36 bits per heavy atom. The number of hydrogen-bond acceptors (Lipinski definition) is 2. The van der Waals surface area contributed by atoms with Crippen molar-refractivity contribution in [3.8, 4) is 5.75 Å². The van der Waals surface area contributed by atoms with E-state index >= 15 is 0 Å². The van der Waals surface area contributed by atoms with Crippen molar-refractivity contribution in [2.75, 3.05) is 6.61 Å². The Balaban J connectivity index is 2.29. The second kappa shape index (κ2) is 3.50. The number of carboxylic acid groups (broad SMARTS) is 1. The van der Waals surface area contributed by atoms with Crippen molar-refractivity contribution in [1.82, 2.24) is 0 Å². The summed E-state index contributed by atoms with van der Waals surface area (Å²) in [5.74, 6) is -0.538. The van der Waals surface area contributed by atoms with E-state index in [-0.39, 0.29) is 6.61 Å². The number of carbonyl (C=O) groups is 1. The molecule has 14 heavy (non-hydrogen) atoms. The second-order valence-electron chi connectivity index (χ2n) is 3.30. The maximum atomic E-state index is 10.7. The zero-order valence-electron chi connectivity index (χ0n) is 7.37. The minimum atomic E-state index is -0.823. The molecule has 0 unspecified atom stereocenters. The maximum Gasteiger partial charge on any atom is 0.310 e. The summed E-state index contributed by atoms with van der Waals surface area (Å²) in [6.45, 7) is 0.240. The van der Waals surface area contributed by atoms with Gasteiger partial charge in [0, 0.05) is 5.02 Å². The summed E-state index contributed by atoms with van der Waals surface area (Å²) in [7, 11) is 0. The predicted octanol–water partition coefficient (Wildman–Crippen LogP) is 1.98. The van der Waals surface area contributed by atoms with Gasteiger partial charge in [-0.05, 0) is 30.2 Å². The highest BCUT2D eigenvalue weighted by Crippen LogP contribution is 2.29. The first-order chi connectivity index (χ1) is 6.66. The van der Waals surface area contributed by atoms with Crippen LogP contribution in [0.5, 0.6) is 5.75 Å². The van der Waals surface area contributed by atoms with Crippen LogP contribution in [-0.2, 0) is 11.2 Å². The van der Waals surface area contributed by atoms with E-state index in [0.717, 1.165) is 11.3 Å². The van der Waals surface area contributed by atoms with Crippen molar-refractivity contribution < 1.29 is 14.6 Å². The standard InChI is InChI=1S/C10H9ClO3/c11-8-1-2-9-6(4-8)3-7(5-14-9)10(12)13/h1-2,4,7H,3,5H2,(H,12,13)/t7-/m0/s1. The molecule has 1 aliphatic heterocycles. The number of rotatable bonds is 1. The molecule has 0 spiro atoms. The summed E-state index contributed by atoms with van der Waals surface area (Å²) in [5, 5.41) is 9.43. The molecule has 1 atom stereocenters. The summed E-state index contributed by atoms with van der Waals surface area (Å²) >= 11 is 5.80. The van der Waals surface area contributed by atoms with Crippen molar-refractivity contribution in [1.29, 1.82) is 0 Å². The van der Waals surface area contributed by atoms with Crippen molar-refractivity contribution in [3.63, 3.8) is 0 Å². The van der Waals surface area contributed by atoms with Crippen molar-refractivity contribution >= 4 is 17.6 Å². The number of ether oxygens (including phenoxy) is 1. The van der Waals surface area contributed by atoms with Gasteiger partial charge in [-0.3, -0.25) is 4.79 Å². The Labute approximate surface area is 86.3 Å². The highest BCUT2D eigenvalue weighted by molar-refractivity contribution is 6.30. The molecule has 0 fully saturated rings. The van der Waals surface area contributed by atoms with Gasteiger partial charge in [0.05, 0.1) is 5.92 Å². The lowest BCUT2D eigenvalue weighted by molar-refractivity contribution is -0.143. The molecule has 0 amide bonds. The van der Waals surface area contributed by atoms with E-state index < -0.39 is 11.9 Å². The van der Waals surface area contributed by atoms with E-state index in [1.807, 2.05) is 0 Å². The largest absolute Gasteiger partial charge is 0.492 e. The van der Waals surface area contributed by atoms with Crippen LogP contribution < -0.4 is 4.74 Å². The van der Waals surface area contributed by atoms with Gasteiger partial charge >= 0.3 is 5.97 Å². The zero-order chi connectivity index (χ0) is 10.1. The van der Waals surface area contributed by atoms with Crippen LogP contribution in [0.25, 0.3) is 0 Å². The van der Waals surface area contributed by atoms with E-state index in [9.17, 15) is 4.79 Å². The normalized spacial score (nSPS) is 19.6. The first kappa shape index (κ1) is 9.34. The van der Waals surface area contributed by atoms with Gasteiger partial charge in [0.2, 0.25) is 0 Å². The Bertz CT molecular complexity index is 376. The molecule has 0 saturated heterocycles. The van der Waals surface area contributed by atoms with Crippen molar-refractivity contribution in [2.45, 2.75) is 6.42 Å². The van der Waals surface area contributed by atoms with E-state index in [2.05, 4.69) is 0 Å². The third-order valence-electron chi connectivity index (χ3n) is 2.28. The lowest BCUT2D eigenvalue weighted by Crippen LogP contribution is -2.27. The number of fused-ring (bicyclic) bond motifs is 1. The quantitative estimate of drug-likeness (QED) is 0.774. The first-order valence-electron chi connectivity index (χ1n) is 4.31. The Morgan fingerprint density at radius 1 is 1.57 bits per heavy atom. The Hall–Kier alpha value is -1.22. The first-order valence-corrected chi connectivity index (χ1v) is 4.68. The van der Waals surface area contributed by atoms with E-state index in [0.29, 0.717) is 11.4 Å². The summed E-state index contributed by atoms with van der Waals surface area (Å²) < 4.78 is 5.31. The molecule has 1 aromatic rings. The molecule has 1 N–H and O–H groups in total. The SMILES string of the molecule is O=C(O)[C@@H]1COc2ccc(Cl)cc2C1. The molecule has 0 saturated carbocycles. The number of aliphatic carboxylic acids is 1. The van der Waals surface area contributed by atoms with Gasteiger partial charge in [0.15, 0.2) is 0 Å². The van der Waals surface area contributed by atoms with Gasteiger partial charge in [0.25, 0.3) is 0 Å².